The van der Waals surface area contributed by atoms with Crippen LogP contribution >= 0.6 is 12.2 Å². The van der Waals surface area contributed by atoms with E-state index in [1.54, 1.807) is 48.5 Å². The van der Waals surface area contributed by atoms with Crippen molar-refractivity contribution in [2.75, 3.05) is 11.9 Å². The number of unbranched alkanes of at least 4 members (excludes halogenated alkanes) is 3. The van der Waals surface area contributed by atoms with Crippen LogP contribution in [0.15, 0.2) is 48.5 Å². The number of carbonyl (C=O) groups is 2. The third-order valence-electron chi connectivity index (χ3n) is 4.41. The molecule has 3 N–H and O–H groups in total. The van der Waals surface area contributed by atoms with Crippen LogP contribution < -0.4 is 20.7 Å². The molecule has 6 nitrogen and oxygen atoms in total. The minimum absolute atomic E-state index is 0.0438. The van der Waals surface area contributed by atoms with E-state index in [4.69, 9.17) is 17.0 Å². The van der Waals surface area contributed by atoms with Gasteiger partial charge in [0.1, 0.15) is 5.75 Å². The Morgan fingerprint density at radius 2 is 1.71 bits per heavy atom. The number of benzene rings is 2. The summed E-state index contributed by atoms with van der Waals surface area (Å²) in [5.74, 6) is 0.257. The minimum Gasteiger partial charge on any atom is -0.494 e. The Morgan fingerprint density at radius 1 is 0.968 bits per heavy atom. The van der Waals surface area contributed by atoms with Gasteiger partial charge in [0.2, 0.25) is 0 Å². The summed E-state index contributed by atoms with van der Waals surface area (Å²) >= 11 is 5.24. The normalized spacial score (nSPS) is 10.5. The third kappa shape index (κ3) is 8.76. The molecule has 2 amide bonds. The number of nitrogens with one attached hydrogen (secondary N) is 3. The van der Waals surface area contributed by atoms with E-state index in [2.05, 4.69) is 22.9 Å². The molecular weight excluding hydrogens is 410 g/mol. The fourth-order valence-electron chi connectivity index (χ4n) is 2.84. The van der Waals surface area contributed by atoms with Gasteiger partial charge in [-0.1, -0.05) is 32.3 Å². The molecule has 0 atom stereocenters. The second-order valence-corrected chi connectivity index (χ2v) is 7.96. The number of anilines is 1. The van der Waals surface area contributed by atoms with E-state index in [0.717, 1.165) is 18.6 Å². The number of rotatable bonds is 10. The van der Waals surface area contributed by atoms with E-state index < -0.39 is 0 Å². The van der Waals surface area contributed by atoms with Crippen LogP contribution in [0.25, 0.3) is 0 Å². The van der Waals surface area contributed by atoms with Crippen LogP contribution in [0.4, 0.5) is 5.69 Å². The molecule has 0 bridgehead atoms. The number of thiocarbonyl (C=S) groups is 1. The predicted octanol–water partition coefficient (Wildman–Crippen LogP) is 4.91. The van der Waals surface area contributed by atoms with E-state index >= 15 is 0 Å². The first-order chi connectivity index (χ1) is 14.9. The number of hydrogen-bond donors (Lipinski definition) is 3. The topological polar surface area (TPSA) is 79.5 Å². The second-order valence-electron chi connectivity index (χ2n) is 7.55. The maximum atomic E-state index is 12.4. The molecule has 0 aliphatic heterocycles. The van der Waals surface area contributed by atoms with Crippen LogP contribution in [0.3, 0.4) is 0 Å². The first kappa shape index (κ1) is 24.3. The van der Waals surface area contributed by atoms with Crippen LogP contribution in [0.5, 0.6) is 5.75 Å². The largest absolute Gasteiger partial charge is 0.494 e. The summed E-state index contributed by atoms with van der Waals surface area (Å²) in [5.41, 5.74) is 1.61. The highest BCUT2D eigenvalue weighted by Gasteiger charge is 2.10. The molecule has 0 aromatic heterocycles. The first-order valence-corrected chi connectivity index (χ1v) is 11.1. The molecule has 2 rings (SSSR count). The molecule has 2 aromatic carbocycles. The van der Waals surface area contributed by atoms with Gasteiger partial charge < -0.3 is 15.4 Å². The molecule has 31 heavy (non-hydrogen) atoms. The maximum Gasteiger partial charge on any atom is 0.257 e. The monoisotopic (exact) mass is 441 g/mol. The third-order valence-corrected chi connectivity index (χ3v) is 4.62. The molecule has 0 fully saturated rings. The fraction of sp³-hybridized carbons (Fsp3) is 0.375. The average molecular weight is 442 g/mol. The number of hydrogen-bond acceptors (Lipinski definition) is 4. The van der Waals surface area contributed by atoms with E-state index in [1.807, 2.05) is 13.8 Å². The SMILES string of the molecule is CCCCCCOc1ccc(C(=O)NC(=S)Nc2cccc(C(=O)NC(C)C)c2)cc1. The van der Waals surface area contributed by atoms with Crippen molar-refractivity contribution in [3.05, 3.63) is 59.7 Å². The molecule has 0 aliphatic carbocycles. The van der Waals surface area contributed by atoms with E-state index in [9.17, 15) is 9.59 Å². The van der Waals surface area contributed by atoms with Crippen LogP contribution in [-0.4, -0.2) is 29.6 Å². The van der Waals surface area contributed by atoms with Gasteiger partial charge in [-0.25, -0.2) is 0 Å². The molecule has 0 heterocycles. The van der Waals surface area contributed by atoms with Crippen LogP contribution in [0.2, 0.25) is 0 Å². The van der Waals surface area contributed by atoms with E-state index in [-0.39, 0.29) is 23.0 Å². The highest BCUT2D eigenvalue weighted by atomic mass is 32.1. The van der Waals surface area contributed by atoms with Crippen molar-refractivity contribution in [3.8, 4) is 5.75 Å². The molecule has 166 valence electrons. The molecule has 0 radical (unpaired) electrons. The molecule has 0 saturated heterocycles. The standard InChI is InChI=1S/C24H31N3O3S/c1-4-5-6-7-15-30-21-13-11-18(12-14-21)22(28)27-24(31)26-20-10-8-9-19(16-20)23(29)25-17(2)3/h8-14,16-17H,4-7,15H2,1-3H3,(H,25,29)(H2,26,27,28,31). The lowest BCUT2D eigenvalue weighted by atomic mass is 10.2. The second kappa shape index (κ2) is 12.7. The van der Waals surface area contributed by atoms with Gasteiger partial charge in [-0.05, 0) is 75.0 Å². The summed E-state index contributed by atoms with van der Waals surface area (Å²) in [4.78, 5) is 24.6. The van der Waals surface area contributed by atoms with Crippen LogP contribution in [0.1, 0.15) is 67.2 Å². The van der Waals surface area contributed by atoms with Gasteiger partial charge in [0, 0.05) is 22.9 Å². The van der Waals surface area contributed by atoms with Gasteiger partial charge in [0.05, 0.1) is 6.61 Å². The maximum absolute atomic E-state index is 12.4. The van der Waals surface area contributed by atoms with Crippen molar-refractivity contribution >= 4 is 34.8 Å². The summed E-state index contributed by atoms with van der Waals surface area (Å²) in [6, 6.07) is 13.9. The smallest absolute Gasteiger partial charge is 0.257 e. The molecule has 0 spiro atoms. The van der Waals surface area contributed by atoms with Crippen LogP contribution in [0, 0.1) is 0 Å². The van der Waals surface area contributed by atoms with Crippen molar-refractivity contribution in [2.45, 2.75) is 52.5 Å². The van der Waals surface area contributed by atoms with Crippen molar-refractivity contribution in [1.29, 1.82) is 0 Å². The summed E-state index contributed by atoms with van der Waals surface area (Å²) in [6.45, 7) is 6.65. The van der Waals surface area contributed by atoms with Crippen LogP contribution in [-0.2, 0) is 0 Å². The summed E-state index contributed by atoms with van der Waals surface area (Å²) in [5, 5.41) is 8.59. The lowest BCUT2D eigenvalue weighted by Crippen LogP contribution is -2.34. The first-order valence-electron chi connectivity index (χ1n) is 10.6. The Bertz CT molecular complexity index is 882. The Morgan fingerprint density at radius 3 is 2.39 bits per heavy atom. The zero-order valence-electron chi connectivity index (χ0n) is 18.4. The summed E-state index contributed by atoms with van der Waals surface area (Å²) < 4.78 is 5.70. The number of amides is 2. The quantitative estimate of drug-likeness (QED) is 0.361. The predicted molar refractivity (Wildman–Crippen MR) is 129 cm³/mol. The molecule has 0 unspecified atom stereocenters. The Kier molecular flexibility index (Phi) is 9.97. The number of ether oxygens (including phenoxy) is 1. The molecule has 0 saturated carbocycles. The van der Waals surface area contributed by atoms with Crippen molar-refractivity contribution in [1.82, 2.24) is 10.6 Å². The van der Waals surface area contributed by atoms with Crippen molar-refractivity contribution < 1.29 is 14.3 Å². The highest BCUT2D eigenvalue weighted by molar-refractivity contribution is 7.80. The molecule has 2 aromatic rings. The van der Waals surface area contributed by atoms with Crippen molar-refractivity contribution in [3.63, 3.8) is 0 Å². The fourth-order valence-corrected chi connectivity index (χ4v) is 3.05. The summed E-state index contributed by atoms with van der Waals surface area (Å²) in [7, 11) is 0. The Labute approximate surface area is 189 Å². The lowest BCUT2D eigenvalue weighted by molar-refractivity contribution is 0.0941. The van der Waals surface area contributed by atoms with E-state index in [0.29, 0.717) is 23.4 Å². The van der Waals surface area contributed by atoms with Gasteiger partial charge in [-0.15, -0.1) is 0 Å². The van der Waals surface area contributed by atoms with Gasteiger partial charge in [0.25, 0.3) is 11.8 Å². The molecule has 7 heteroatoms. The van der Waals surface area contributed by atoms with Gasteiger partial charge >= 0.3 is 0 Å². The Balaban J connectivity index is 1.85. The van der Waals surface area contributed by atoms with E-state index in [1.165, 1.54) is 12.8 Å². The van der Waals surface area contributed by atoms with Crippen molar-refractivity contribution in [2.24, 2.45) is 0 Å². The lowest BCUT2D eigenvalue weighted by Gasteiger charge is -2.12. The molecular formula is C24H31N3O3S. The zero-order chi connectivity index (χ0) is 22.6. The summed E-state index contributed by atoms with van der Waals surface area (Å²) in [6.07, 6.45) is 4.59. The highest BCUT2D eigenvalue weighted by Crippen LogP contribution is 2.14. The Hall–Kier alpha value is -2.93. The van der Waals surface area contributed by atoms with Gasteiger partial charge in [-0.3, -0.25) is 14.9 Å². The zero-order valence-corrected chi connectivity index (χ0v) is 19.2. The van der Waals surface area contributed by atoms with Gasteiger partial charge in [0.15, 0.2) is 5.11 Å². The van der Waals surface area contributed by atoms with Gasteiger partial charge in [-0.2, -0.15) is 0 Å². The number of carbonyl (C=O) groups excluding carboxylic acids is 2. The molecule has 0 aliphatic rings. The minimum atomic E-state index is -0.319. The average Bonchev–Trinajstić information content (AvgIpc) is 2.73.